The zero-order chi connectivity index (χ0) is 12.9. The Morgan fingerprint density at radius 1 is 1.29 bits per heavy atom. The van der Waals surface area contributed by atoms with Crippen LogP contribution < -0.4 is 10.1 Å². The van der Waals surface area contributed by atoms with Crippen LogP contribution in [0.1, 0.15) is 45.7 Å². The topological polar surface area (TPSA) is 21.3 Å². The van der Waals surface area contributed by atoms with Crippen LogP contribution in [-0.4, -0.2) is 13.7 Å². The summed E-state index contributed by atoms with van der Waals surface area (Å²) < 4.78 is 5.79. The normalized spacial score (nSPS) is 13.5. The molecule has 1 aromatic rings. The molecule has 0 fully saturated rings. The minimum absolute atomic E-state index is 0.329. The summed E-state index contributed by atoms with van der Waals surface area (Å²) in [7, 11) is 1.97. The first-order valence-electron chi connectivity index (χ1n) is 6.32. The smallest absolute Gasteiger partial charge is 0.119 e. The van der Waals surface area contributed by atoms with Crippen molar-refractivity contribution >= 4 is 0 Å². The first-order valence-corrected chi connectivity index (χ1v) is 6.32. The molecule has 1 unspecified atom stereocenters. The number of rotatable bonds is 5. The van der Waals surface area contributed by atoms with Crippen LogP contribution in [0.4, 0.5) is 0 Å². The third-order valence-corrected chi connectivity index (χ3v) is 2.91. The van der Waals surface area contributed by atoms with E-state index >= 15 is 0 Å². The summed E-state index contributed by atoms with van der Waals surface area (Å²) in [6.45, 7) is 9.62. The van der Waals surface area contributed by atoms with E-state index in [1.54, 1.807) is 0 Å². The summed E-state index contributed by atoms with van der Waals surface area (Å²) >= 11 is 0. The Morgan fingerprint density at radius 2 is 2.00 bits per heavy atom. The second-order valence-electron chi connectivity index (χ2n) is 5.74. The summed E-state index contributed by atoms with van der Waals surface area (Å²) in [5, 5.41) is 3.23. The van der Waals surface area contributed by atoms with Gasteiger partial charge in [0, 0.05) is 6.04 Å². The number of benzene rings is 1. The maximum Gasteiger partial charge on any atom is 0.119 e. The molecule has 17 heavy (non-hydrogen) atoms. The third kappa shape index (κ3) is 5.22. The van der Waals surface area contributed by atoms with Crippen molar-refractivity contribution in [1.82, 2.24) is 5.32 Å². The molecule has 0 radical (unpaired) electrons. The van der Waals surface area contributed by atoms with E-state index in [1.165, 1.54) is 5.56 Å². The average molecular weight is 235 g/mol. The lowest BCUT2D eigenvalue weighted by Gasteiger charge is -2.18. The highest BCUT2D eigenvalue weighted by atomic mass is 16.5. The lowest BCUT2D eigenvalue weighted by Crippen LogP contribution is -2.13. The summed E-state index contributed by atoms with van der Waals surface area (Å²) in [5.74, 6) is 0.967. The lowest BCUT2D eigenvalue weighted by molar-refractivity contribution is 0.243. The highest BCUT2D eigenvalue weighted by Crippen LogP contribution is 2.21. The number of hydrogen-bond donors (Lipinski definition) is 1. The van der Waals surface area contributed by atoms with Crippen LogP contribution in [0.15, 0.2) is 24.3 Å². The van der Waals surface area contributed by atoms with Crippen molar-refractivity contribution in [2.75, 3.05) is 13.7 Å². The van der Waals surface area contributed by atoms with E-state index in [0.29, 0.717) is 11.5 Å². The van der Waals surface area contributed by atoms with Crippen molar-refractivity contribution in [1.29, 1.82) is 0 Å². The Labute approximate surface area is 105 Å². The molecule has 1 atom stereocenters. The fourth-order valence-electron chi connectivity index (χ4n) is 1.52. The molecule has 0 aliphatic carbocycles. The van der Waals surface area contributed by atoms with E-state index in [2.05, 4.69) is 51.2 Å². The van der Waals surface area contributed by atoms with E-state index < -0.39 is 0 Å². The maximum absolute atomic E-state index is 5.79. The van der Waals surface area contributed by atoms with Gasteiger partial charge in [0.2, 0.25) is 0 Å². The van der Waals surface area contributed by atoms with Crippen molar-refractivity contribution in [3.05, 3.63) is 29.8 Å². The molecule has 0 aliphatic rings. The van der Waals surface area contributed by atoms with E-state index in [9.17, 15) is 0 Å². The van der Waals surface area contributed by atoms with Gasteiger partial charge in [0.25, 0.3) is 0 Å². The van der Waals surface area contributed by atoms with Gasteiger partial charge in [-0.2, -0.15) is 0 Å². The SMILES string of the molecule is CNC(C)c1cccc(OCCC(C)(C)C)c1. The zero-order valence-corrected chi connectivity index (χ0v) is 11.7. The molecule has 96 valence electrons. The van der Waals surface area contributed by atoms with Gasteiger partial charge in [-0.25, -0.2) is 0 Å². The second kappa shape index (κ2) is 6.06. The summed E-state index contributed by atoms with van der Waals surface area (Å²) in [6.07, 6.45) is 1.07. The molecule has 2 heteroatoms. The fraction of sp³-hybridized carbons (Fsp3) is 0.600. The Balaban J connectivity index is 2.54. The van der Waals surface area contributed by atoms with Gasteiger partial charge in [0.05, 0.1) is 6.61 Å². The first-order chi connectivity index (χ1) is 7.92. The average Bonchev–Trinajstić information content (AvgIpc) is 2.27. The highest BCUT2D eigenvalue weighted by Gasteiger charge is 2.10. The number of hydrogen-bond acceptors (Lipinski definition) is 2. The van der Waals surface area contributed by atoms with Gasteiger partial charge in [-0.3, -0.25) is 0 Å². The maximum atomic E-state index is 5.79. The molecule has 0 amide bonds. The first kappa shape index (κ1) is 14.0. The van der Waals surface area contributed by atoms with Crippen molar-refractivity contribution in [3.63, 3.8) is 0 Å². The fourth-order valence-corrected chi connectivity index (χ4v) is 1.52. The van der Waals surface area contributed by atoms with Crippen molar-refractivity contribution < 1.29 is 4.74 Å². The molecule has 2 nitrogen and oxygen atoms in total. The van der Waals surface area contributed by atoms with Gasteiger partial charge >= 0.3 is 0 Å². The van der Waals surface area contributed by atoms with Crippen LogP contribution in [0.2, 0.25) is 0 Å². The van der Waals surface area contributed by atoms with Crippen molar-refractivity contribution in [2.24, 2.45) is 5.41 Å². The lowest BCUT2D eigenvalue weighted by atomic mass is 9.93. The predicted molar refractivity (Wildman–Crippen MR) is 73.5 cm³/mol. The van der Waals surface area contributed by atoms with Gasteiger partial charge in [-0.1, -0.05) is 32.9 Å². The van der Waals surface area contributed by atoms with Crippen LogP contribution in [-0.2, 0) is 0 Å². The number of ether oxygens (including phenoxy) is 1. The largest absolute Gasteiger partial charge is 0.494 e. The second-order valence-corrected chi connectivity index (χ2v) is 5.74. The van der Waals surface area contributed by atoms with E-state index in [-0.39, 0.29) is 0 Å². The Hall–Kier alpha value is -1.02. The van der Waals surface area contributed by atoms with Crippen LogP contribution in [0.3, 0.4) is 0 Å². The standard InChI is InChI=1S/C15H25NO/c1-12(16-5)13-7-6-8-14(11-13)17-10-9-15(2,3)4/h6-8,11-12,16H,9-10H2,1-5H3. The van der Waals surface area contributed by atoms with Crippen molar-refractivity contribution in [3.8, 4) is 5.75 Å². The Kier molecular flexibility index (Phi) is 5.01. The molecule has 1 N–H and O–H groups in total. The third-order valence-electron chi connectivity index (χ3n) is 2.91. The highest BCUT2D eigenvalue weighted by molar-refractivity contribution is 5.30. The minimum atomic E-state index is 0.329. The van der Waals surface area contributed by atoms with Gasteiger partial charge in [0.15, 0.2) is 0 Å². The minimum Gasteiger partial charge on any atom is -0.494 e. The Morgan fingerprint density at radius 3 is 2.59 bits per heavy atom. The quantitative estimate of drug-likeness (QED) is 0.838. The molecular weight excluding hydrogens is 210 g/mol. The van der Waals surface area contributed by atoms with Crippen LogP contribution in [0, 0.1) is 5.41 Å². The monoisotopic (exact) mass is 235 g/mol. The van der Waals surface area contributed by atoms with Gasteiger partial charge < -0.3 is 10.1 Å². The molecular formula is C15H25NO. The van der Waals surface area contributed by atoms with Gasteiger partial charge in [0.1, 0.15) is 5.75 Å². The Bertz CT molecular complexity index is 341. The molecule has 0 spiro atoms. The number of nitrogens with one attached hydrogen (secondary N) is 1. The molecule has 1 rings (SSSR count). The molecule has 1 aromatic carbocycles. The summed E-state index contributed by atoms with van der Waals surface area (Å²) in [4.78, 5) is 0. The molecule has 0 aliphatic heterocycles. The van der Waals surface area contributed by atoms with Crippen molar-refractivity contribution in [2.45, 2.75) is 40.2 Å². The molecule has 0 saturated carbocycles. The summed E-state index contributed by atoms with van der Waals surface area (Å²) in [6, 6.07) is 8.67. The summed E-state index contributed by atoms with van der Waals surface area (Å²) in [5.41, 5.74) is 1.59. The van der Waals surface area contributed by atoms with E-state index in [0.717, 1.165) is 18.8 Å². The van der Waals surface area contributed by atoms with Crippen LogP contribution >= 0.6 is 0 Å². The predicted octanol–water partition coefficient (Wildman–Crippen LogP) is 3.78. The van der Waals surface area contributed by atoms with Gasteiger partial charge in [-0.05, 0) is 43.5 Å². The van der Waals surface area contributed by atoms with Gasteiger partial charge in [-0.15, -0.1) is 0 Å². The van der Waals surface area contributed by atoms with E-state index in [1.807, 2.05) is 13.1 Å². The molecule has 0 heterocycles. The molecule has 0 saturated heterocycles. The zero-order valence-electron chi connectivity index (χ0n) is 11.7. The molecule has 0 aromatic heterocycles. The van der Waals surface area contributed by atoms with Crippen LogP contribution in [0.5, 0.6) is 5.75 Å². The van der Waals surface area contributed by atoms with Crippen LogP contribution in [0.25, 0.3) is 0 Å². The molecule has 0 bridgehead atoms. The van der Waals surface area contributed by atoms with E-state index in [4.69, 9.17) is 4.74 Å².